The van der Waals surface area contributed by atoms with E-state index in [1.165, 1.54) is 0 Å². The fraction of sp³-hybridized carbons (Fsp3) is 0.500. The molecule has 1 aliphatic heterocycles. The van der Waals surface area contributed by atoms with E-state index in [0.29, 0.717) is 25.1 Å². The molecule has 0 unspecified atom stereocenters. The lowest BCUT2D eigenvalue weighted by Gasteiger charge is -2.28. The predicted octanol–water partition coefficient (Wildman–Crippen LogP) is 2.82. The van der Waals surface area contributed by atoms with Crippen LogP contribution in [-0.2, 0) is 9.59 Å². The van der Waals surface area contributed by atoms with Gasteiger partial charge in [-0.1, -0.05) is 19.1 Å². The number of fused-ring (bicyclic) bond motifs is 1. The average molecular weight is 306 g/mol. The smallest absolute Gasteiger partial charge is 0.237 e. The van der Waals surface area contributed by atoms with E-state index in [1.807, 2.05) is 43.0 Å². The first-order chi connectivity index (χ1) is 10.1. The second-order valence-corrected chi connectivity index (χ2v) is 6.30. The monoisotopic (exact) mass is 306 g/mol. The Balaban J connectivity index is 1.88. The molecular weight excluding hydrogens is 284 g/mol. The molecule has 2 amide bonds. The Bertz CT molecular complexity index is 519. The van der Waals surface area contributed by atoms with Crippen LogP contribution in [0.1, 0.15) is 33.1 Å². The van der Waals surface area contributed by atoms with E-state index >= 15 is 0 Å². The Hall–Kier alpha value is -1.49. The van der Waals surface area contributed by atoms with Crippen LogP contribution in [0.5, 0.6) is 0 Å². The van der Waals surface area contributed by atoms with E-state index < -0.39 is 0 Å². The number of nitrogens with zero attached hydrogens (tertiary/aromatic N) is 1. The maximum Gasteiger partial charge on any atom is 0.237 e. The van der Waals surface area contributed by atoms with Gasteiger partial charge in [-0.05, 0) is 31.9 Å². The maximum atomic E-state index is 12.1. The van der Waals surface area contributed by atoms with Crippen LogP contribution in [0.25, 0.3) is 0 Å². The number of hydrogen-bond donors (Lipinski definition) is 1. The largest absolute Gasteiger partial charge is 0.354 e. The number of carbonyl (C=O) groups is 2. The lowest BCUT2D eigenvalue weighted by Crippen LogP contribution is -2.37. The number of rotatable bonds is 6. The number of benzene rings is 1. The van der Waals surface area contributed by atoms with Crippen molar-refractivity contribution in [1.82, 2.24) is 5.32 Å². The van der Waals surface area contributed by atoms with Crippen molar-refractivity contribution in [2.45, 2.75) is 44.0 Å². The molecule has 21 heavy (non-hydrogen) atoms. The van der Waals surface area contributed by atoms with E-state index in [9.17, 15) is 9.59 Å². The van der Waals surface area contributed by atoms with Gasteiger partial charge in [0.1, 0.15) is 0 Å². The molecular formula is C16H22N2O2S. The third kappa shape index (κ3) is 4.24. The molecule has 1 aliphatic rings. The maximum absolute atomic E-state index is 12.1. The SMILES string of the molecule is CC[C@@H](C)NC(=O)CCCN1C(=O)CSc2ccccc21. The van der Waals surface area contributed by atoms with Gasteiger partial charge in [-0.3, -0.25) is 9.59 Å². The van der Waals surface area contributed by atoms with Crippen LogP contribution >= 0.6 is 11.8 Å². The third-order valence-electron chi connectivity index (χ3n) is 3.61. The number of thioether (sulfide) groups is 1. The summed E-state index contributed by atoms with van der Waals surface area (Å²) in [5.41, 5.74) is 0.973. The van der Waals surface area contributed by atoms with Crippen molar-refractivity contribution >= 4 is 29.3 Å². The van der Waals surface area contributed by atoms with Crippen LogP contribution in [0, 0.1) is 0 Å². The average Bonchev–Trinajstić information content (AvgIpc) is 2.49. The summed E-state index contributed by atoms with van der Waals surface area (Å²) in [7, 11) is 0. The molecule has 1 aromatic carbocycles. The lowest BCUT2D eigenvalue weighted by atomic mass is 10.2. The van der Waals surface area contributed by atoms with Crippen LogP contribution in [0.15, 0.2) is 29.2 Å². The number of carbonyl (C=O) groups excluding carboxylic acids is 2. The van der Waals surface area contributed by atoms with Gasteiger partial charge < -0.3 is 10.2 Å². The Morgan fingerprint density at radius 2 is 2.19 bits per heavy atom. The van der Waals surface area contributed by atoms with Crippen LogP contribution < -0.4 is 10.2 Å². The van der Waals surface area contributed by atoms with Gasteiger partial charge >= 0.3 is 0 Å². The molecule has 0 radical (unpaired) electrons. The summed E-state index contributed by atoms with van der Waals surface area (Å²) >= 11 is 1.58. The van der Waals surface area contributed by atoms with Gasteiger partial charge in [0, 0.05) is 23.9 Å². The number of hydrogen-bond acceptors (Lipinski definition) is 3. The second-order valence-electron chi connectivity index (χ2n) is 5.28. The summed E-state index contributed by atoms with van der Waals surface area (Å²) in [5.74, 6) is 0.674. The highest BCUT2D eigenvalue weighted by Gasteiger charge is 2.23. The summed E-state index contributed by atoms with van der Waals surface area (Å²) in [4.78, 5) is 26.8. The number of anilines is 1. The molecule has 0 fully saturated rings. The predicted molar refractivity (Wildman–Crippen MR) is 86.6 cm³/mol. The Morgan fingerprint density at radius 1 is 1.43 bits per heavy atom. The van der Waals surface area contributed by atoms with Crippen molar-refractivity contribution in [2.75, 3.05) is 17.2 Å². The first kappa shape index (κ1) is 15.9. The molecule has 2 rings (SSSR count). The second kappa shape index (κ2) is 7.50. The van der Waals surface area contributed by atoms with E-state index in [-0.39, 0.29) is 17.9 Å². The highest BCUT2D eigenvalue weighted by molar-refractivity contribution is 8.00. The Kier molecular flexibility index (Phi) is 5.67. The molecule has 0 saturated heterocycles. The first-order valence-corrected chi connectivity index (χ1v) is 8.42. The van der Waals surface area contributed by atoms with E-state index in [1.54, 1.807) is 11.8 Å². The quantitative estimate of drug-likeness (QED) is 0.879. The zero-order chi connectivity index (χ0) is 15.2. The molecule has 4 nitrogen and oxygen atoms in total. The van der Waals surface area contributed by atoms with Crippen molar-refractivity contribution in [3.8, 4) is 0 Å². The van der Waals surface area contributed by atoms with Gasteiger partial charge in [-0.25, -0.2) is 0 Å². The summed E-state index contributed by atoms with van der Waals surface area (Å²) in [5, 5.41) is 2.95. The van der Waals surface area contributed by atoms with Crippen molar-refractivity contribution < 1.29 is 9.59 Å². The van der Waals surface area contributed by atoms with E-state index in [0.717, 1.165) is 17.0 Å². The van der Waals surface area contributed by atoms with Crippen molar-refractivity contribution in [1.29, 1.82) is 0 Å². The zero-order valence-electron chi connectivity index (χ0n) is 12.6. The van der Waals surface area contributed by atoms with Gasteiger partial charge in [-0.15, -0.1) is 11.8 Å². The fourth-order valence-electron chi connectivity index (χ4n) is 2.25. The Labute approximate surface area is 130 Å². The van der Waals surface area contributed by atoms with Gasteiger partial charge in [0.25, 0.3) is 0 Å². The lowest BCUT2D eigenvalue weighted by molar-refractivity contribution is -0.122. The molecule has 1 heterocycles. The van der Waals surface area contributed by atoms with Crippen LogP contribution in [-0.4, -0.2) is 30.2 Å². The van der Waals surface area contributed by atoms with Crippen molar-refractivity contribution in [3.63, 3.8) is 0 Å². The number of para-hydroxylation sites is 1. The topological polar surface area (TPSA) is 49.4 Å². The molecule has 0 saturated carbocycles. The molecule has 1 N–H and O–H groups in total. The molecule has 1 atom stereocenters. The number of nitrogens with one attached hydrogen (secondary N) is 1. The fourth-order valence-corrected chi connectivity index (χ4v) is 3.18. The van der Waals surface area contributed by atoms with Crippen LogP contribution in [0.4, 0.5) is 5.69 Å². The highest BCUT2D eigenvalue weighted by Crippen LogP contribution is 2.34. The van der Waals surface area contributed by atoms with E-state index in [2.05, 4.69) is 5.32 Å². The van der Waals surface area contributed by atoms with Crippen LogP contribution in [0.3, 0.4) is 0 Å². The molecule has 1 aromatic rings. The molecule has 114 valence electrons. The van der Waals surface area contributed by atoms with E-state index in [4.69, 9.17) is 0 Å². The van der Waals surface area contributed by atoms with Gasteiger partial charge in [0.15, 0.2) is 0 Å². The standard InChI is InChI=1S/C16H22N2O2S/c1-3-12(2)17-15(19)9-6-10-18-13-7-4-5-8-14(13)21-11-16(18)20/h4-5,7-8,12H,3,6,9-11H2,1-2H3,(H,17,19)/t12-/m1/s1. The molecule has 0 spiro atoms. The van der Waals surface area contributed by atoms with Gasteiger partial charge in [0.2, 0.25) is 11.8 Å². The first-order valence-electron chi connectivity index (χ1n) is 7.43. The van der Waals surface area contributed by atoms with Crippen molar-refractivity contribution in [2.24, 2.45) is 0 Å². The molecule has 0 aromatic heterocycles. The van der Waals surface area contributed by atoms with Crippen LogP contribution in [0.2, 0.25) is 0 Å². The normalized spacial score (nSPS) is 15.5. The summed E-state index contributed by atoms with van der Waals surface area (Å²) < 4.78 is 0. The molecule has 0 bridgehead atoms. The zero-order valence-corrected chi connectivity index (χ0v) is 13.4. The minimum atomic E-state index is 0.0662. The van der Waals surface area contributed by atoms with Gasteiger partial charge in [0.05, 0.1) is 11.4 Å². The Morgan fingerprint density at radius 3 is 2.95 bits per heavy atom. The summed E-state index contributed by atoms with van der Waals surface area (Å²) in [6.07, 6.45) is 2.08. The molecule has 5 heteroatoms. The third-order valence-corrected chi connectivity index (χ3v) is 4.66. The number of amides is 2. The minimum absolute atomic E-state index is 0.0662. The van der Waals surface area contributed by atoms with Crippen molar-refractivity contribution in [3.05, 3.63) is 24.3 Å². The summed E-state index contributed by atoms with van der Waals surface area (Å²) in [6.45, 7) is 4.65. The minimum Gasteiger partial charge on any atom is -0.354 e. The van der Waals surface area contributed by atoms with Gasteiger partial charge in [-0.2, -0.15) is 0 Å². The summed E-state index contributed by atoms with van der Waals surface area (Å²) in [6, 6.07) is 8.15. The highest BCUT2D eigenvalue weighted by atomic mass is 32.2. The molecule has 0 aliphatic carbocycles.